The fraction of sp³-hybridized carbons (Fsp3) is 0.462. The van der Waals surface area contributed by atoms with Gasteiger partial charge < -0.3 is 5.32 Å². The molecule has 1 N–H and O–H groups in total. The summed E-state index contributed by atoms with van der Waals surface area (Å²) in [6, 6.07) is 8.09. The predicted octanol–water partition coefficient (Wildman–Crippen LogP) is 2.74. The first kappa shape index (κ1) is 9.70. The van der Waals surface area contributed by atoms with Crippen LogP contribution in [-0.4, -0.2) is 11.6 Å². The molecule has 1 amide bonds. The number of hydrogen-bond donors (Lipinski definition) is 1. The van der Waals surface area contributed by atoms with Crippen molar-refractivity contribution in [3.05, 3.63) is 24.3 Å². The number of amides is 1. The Morgan fingerprint density at radius 2 is 2.25 bits per heavy atom. The molecule has 2 heterocycles. The molecule has 2 aliphatic rings. The van der Waals surface area contributed by atoms with E-state index in [-0.39, 0.29) is 11.6 Å². The van der Waals surface area contributed by atoms with Gasteiger partial charge in [-0.05, 0) is 25.0 Å². The van der Waals surface area contributed by atoms with E-state index in [1.807, 2.05) is 23.1 Å². The number of anilines is 2. The standard InChI is InChI=1S/C13H16N2O/c1-2-8-13-9-7-12(16)15(13)11-6-4-3-5-10(11)14-13/h3-6,14H,2,7-9H2,1H3/t13-/m1/s1. The number of rotatable bonds is 2. The van der Waals surface area contributed by atoms with Crippen molar-refractivity contribution < 1.29 is 4.79 Å². The lowest BCUT2D eigenvalue weighted by Gasteiger charge is -2.32. The third kappa shape index (κ3) is 1.11. The van der Waals surface area contributed by atoms with E-state index in [9.17, 15) is 4.79 Å². The van der Waals surface area contributed by atoms with E-state index in [0.29, 0.717) is 6.42 Å². The molecule has 2 aliphatic heterocycles. The van der Waals surface area contributed by atoms with Gasteiger partial charge >= 0.3 is 0 Å². The Balaban J connectivity index is 2.08. The van der Waals surface area contributed by atoms with Crippen molar-refractivity contribution in [3.63, 3.8) is 0 Å². The summed E-state index contributed by atoms with van der Waals surface area (Å²) in [7, 11) is 0. The number of nitrogens with zero attached hydrogens (tertiary/aromatic N) is 1. The zero-order valence-electron chi connectivity index (χ0n) is 9.49. The number of carbonyl (C=O) groups is 1. The fourth-order valence-electron chi connectivity index (χ4n) is 3.00. The molecule has 0 spiro atoms. The van der Waals surface area contributed by atoms with Crippen molar-refractivity contribution in [3.8, 4) is 0 Å². The zero-order chi connectivity index (χ0) is 11.2. The lowest BCUT2D eigenvalue weighted by Crippen LogP contribution is -2.47. The Bertz CT molecular complexity index is 443. The first-order valence-corrected chi connectivity index (χ1v) is 5.97. The van der Waals surface area contributed by atoms with E-state index in [2.05, 4.69) is 18.3 Å². The molecular weight excluding hydrogens is 200 g/mol. The van der Waals surface area contributed by atoms with Gasteiger partial charge in [-0.1, -0.05) is 25.5 Å². The van der Waals surface area contributed by atoms with E-state index < -0.39 is 0 Å². The van der Waals surface area contributed by atoms with E-state index in [0.717, 1.165) is 30.6 Å². The lowest BCUT2D eigenvalue weighted by atomic mass is 10.0. The second-order valence-electron chi connectivity index (χ2n) is 4.65. The number of hydrogen-bond acceptors (Lipinski definition) is 2. The normalized spacial score (nSPS) is 26.6. The Kier molecular flexibility index (Phi) is 1.96. The second kappa shape index (κ2) is 3.24. The van der Waals surface area contributed by atoms with Crippen LogP contribution in [-0.2, 0) is 4.79 Å². The molecule has 1 atom stereocenters. The molecule has 1 saturated heterocycles. The summed E-state index contributed by atoms with van der Waals surface area (Å²) in [5.74, 6) is 0.255. The van der Waals surface area contributed by atoms with Gasteiger partial charge in [0.25, 0.3) is 0 Å². The Morgan fingerprint density at radius 1 is 1.44 bits per heavy atom. The van der Waals surface area contributed by atoms with Gasteiger partial charge in [0.15, 0.2) is 0 Å². The van der Waals surface area contributed by atoms with E-state index in [4.69, 9.17) is 0 Å². The molecular formula is C13H16N2O. The van der Waals surface area contributed by atoms with E-state index >= 15 is 0 Å². The molecule has 0 aromatic heterocycles. The van der Waals surface area contributed by atoms with Crippen LogP contribution >= 0.6 is 0 Å². The van der Waals surface area contributed by atoms with Crippen LogP contribution in [0, 0.1) is 0 Å². The molecule has 0 saturated carbocycles. The molecule has 3 heteroatoms. The third-order valence-corrected chi connectivity index (χ3v) is 3.61. The molecule has 0 radical (unpaired) electrons. The smallest absolute Gasteiger partial charge is 0.229 e. The number of para-hydroxylation sites is 2. The highest BCUT2D eigenvalue weighted by Crippen LogP contribution is 2.47. The van der Waals surface area contributed by atoms with Crippen LogP contribution < -0.4 is 10.2 Å². The van der Waals surface area contributed by atoms with Gasteiger partial charge in [-0.15, -0.1) is 0 Å². The van der Waals surface area contributed by atoms with Crippen LogP contribution in [0.25, 0.3) is 0 Å². The van der Waals surface area contributed by atoms with Crippen LogP contribution in [0.4, 0.5) is 11.4 Å². The zero-order valence-corrected chi connectivity index (χ0v) is 9.49. The van der Waals surface area contributed by atoms with Crippen LogP contribution in [0.1, 0.15) is 32.6 Å². The minimum absolute atomic E-state index is 0.129. The van der Waals surface area contributed by atoms with Crippen molar-refractivity contribution in [1.82, 2.24) is 0 Å². The SMILES string of the molecule is CCC[C@]12CCC(=O)N1c1ccccc1N2. The summed E-state index contributed by atoms with van der Waals surface area (Å²) in [5, 5.41) is 3.55. The first-order chi connectivity index (χ1) is 7.77. The fourth-order valence-corrected chi connectivity index (χ4v) is 3.00. The molecule has 84 valence electrons. The maximum Gasteiger partial charge on any atom is 0.229 e. The monoisotopic (exact) mass is 216 g/mol. The molecule has 1 aromatic carbocycles. The third-order valence-electron chi connectivity index (χ3n) is 3.61. The number of benzene rings is 1. The topological polar surface area (TPSA) is 32.3 Å². The maximum absolute atomic E-state index is 12.0. The molecule has 3 rings (SSSR count). The van der Waals surface area contributed by atoms with Crippen LogP contribution in [0.15, 0.2) is 24.3 Å². The molecule has 1 fully saturated rings. The highest BCUT2D eigenvalue weighted by Gasteiger charge is 2.50. The molecule has 0 bridgehead atoms. The number of fused-ring (bicyclic) bond motifs is 3. The minimum Gasteiger partial charge on any atom is -0.361 e. The molecule has 0 unspecified atom stereocenters. The summed E-state index contributed by atoms with van der Waals surface area (Å²) < 4.78 is 0. The van der Waals surface area contributed by atoms with Crippen LogP contribution in [0.3, 0.4) is 0 Å². The quantitative estimate of drug-likeness (QED) is 0.824. The van der Waals surface area contributed by atoms with Gasteiger partial charge in [0.2, 0.25) is 5.91 Å². The van der Waals surface area contributed by atoms with Crippen molar-refractivity contribution in [2.24, 2.45) is 0 Å². The molecule has 16 heavy (non-hydrogen) atoms. The van der Waals surface area contributed by atoms with E-state index in [1.165, 1.54) is 0 Å². The summed E-state index contributed by atoms with van der Waals surface area (Å²) in [5.41, 5.74) is 2.03. The average molecular weight is 216 g/mol. The van der Waals surface area contributed by atoms with E-state index in [1.54, 1.807) is 0 Å². The second-order valence-corrected chi connectivity index (χ2v) is 4.65. The Hall–Kier alpha value is -1.51. The Labute approximate surface area is 95.4 Å². The average Bonchev–Trinajstić information content (AvgIpc) is 2.75. The Morgan fingerprint density at radius 3 is 3.06 bits per heavy atom. The maximum atomic E-state index is 12.0. The summed E-state index contributed by atoms with van der Waals surface area (Å²) in [6.07, 6.45) is 3.70. The predicted molar refractivity (Wildman–Crippen MR) is 64.4 cm³/mol. The van der Waals surface area contributed by atoms with Crippen LogP contribution in [0.5, 0.6) is 0 Å². The molecule has 3 nitrogen and oxygen atoms in total. The summed E-state index contributed by atoms with van der Waals surface area (Å²) >= 11 is 0. The van der Waals surface area contributed by atoms with Crippen LogP contribution in [0.2, 0.25) is 0 Å². The first-order valence-electron chi connectivity index (χ1n) is 5.97. The van der Waals surface area contributed by atoms with Crippen molar-refractivity contribution in [2.45, 2.75) is 38.3 Å². The minimum atomic E-state index is -0.129. The van der Waals surface area contributed by atoms with Gasteiger partial charge in [0.05, 0.1) is 11.4 Å². The highest BCUT2D eigenvalue weighted by atomic mass is 16.2. The summed E-state index contributed by atoms with van der Waals surface area (Å²) in [4.78, 5) is 14.0. The largest absolute Gasteiger partial charge is 0.361 e. The van der Waals surface area contributed by atoms with Crippen molar-refractivity contribution >= 4 is 17.3 Å². The number of carbonyl (C=O) groups excluding carboxylic acids is 1. The number of nitrogens with one attached hydrogen (secondary N) is 1. The molecule has 1 aromatic rings. The van der Waals surface area contributed by atoms with Gasteiger partial charge in [-0.3, -0.25) is 9.69 Å². The van der Waals surface area contributed by atoms with Gasteiger partial charge in [-0.25, -0.2) is 0 Å². The van der Waals surface area contributed by atoms with Gasteiger partial charge in [-0.2, -0.15) is 0 Å². The van der Waals surface area contributed by atoms with Gasteiger partial charge in [0.1, 0.15) is 5.66 Å². The van der Waals surface area contributed by atoms with Crippen molar-refractivity contribution in [1.29, 1.82) is 0 Å². The lowest BCUT2D eigenvalue weighted by molar-refractivity contribution is -0.117. The highest BCUT2D eigenvalue weighted by molar-refractivity contribution is 6.03. The molecule has 0 aliphatic carbocycles. The van der Waals surface area contributed by atoms with Gasteiger partial charge in [0, 0.05) is 6.42 Å². The summed E-state index contributed by atoms with van der Waals surface area (Å²) in [6.45, 7) is 2.17. The van der Waals surface area contributed by atoms with Crippen molar-refractivity contribution in [2.75, 3.05) is 10.2 Å².